The van der Waals surface area contributed by atoms with E-state index in [-0.39, 0.29) is 5.91 Å². The van der Waals surface area contributed by atoms with Crippen LogP contribution in [0.3, 0.4) is 0 Å². The van der Waals surface area contributed by atoms with Crippen molar-refractivity contribution < 1.29 is 9.21 Å². The third kappa shape index (κ3) is 4.72. The molecule has 9 heteroatoms. The van der Waals surface area contributed by atoms with E-state index in [1.165, 1.54) is 19.1 Å². The van der Waals surface area contributed by atoms with Crippen molar-refractivity contribution in [2.45, 2.75) is 19.3 Å². The van der Waals surface area contributed by atoms with Crippen LogP contribution in [0, 0.1) is 0 Å². The van der Waals surface area contributed by atoms with Gasteiger partial charge < -0.3 is 24.4 Å². The summed E-state index contributed by atoms with van der Waals surface area (Å²) in [6, 6.07) is 3.45. The molecule has 29 heavy (non-hydrogen) atoms. The Labute approximate surface area is 175 Å². The Morgan fingerprint density at radius 1 is 1.21 bits per heavy atom. The van der Waals surface area contributed by atoms with E-state index < -0.39 is 0 Å². The van der Waals surface area contributed by atoms with Crippen LogP contribution in [-0.4, -0.2) is 79.5 Å². The van der Waals surface area contributed by atoms with Crippen LogP contribution in [0.1, 0.15) is 29.1 Å². The van der Waals surface area contributed by atoms with Crippen molar-refractivity contribution in [2.24, 2.45) is 4.99 Å². The van der Waals surface area contributed by atoms with Crippen molar-refractivity contribution in [3.05, 3.63) is 35.2 Å². The normalized spacial score (nSPS) is 17.8. The maximum Gasteiger partial charge on any atom is 0.289 e. The lowest BCUT2D eigenvalue weighted by Gasteiger charge is -2.36. The van der Waals surface area contributed by atoms with E-state index in [1.54, 1.807) is 30.5 Å². The van der Waals surface area contributed by atoms with Crippen molar-refractivity contribution in [2.75, 3.05) is 57.8 Å². The number of aromatic nitrogens is 1. The van der Waals surface area contributed by atoms with Crippen LogP contribution in [0.5, 0.6) is 0 Å². The Hall–Kier alpha value is -2.55. The summed E-state index contributed by atoms with van der Waals surface area (Å²) in [4.78, 5) is 28.0. The molecule has 0 aromatic carbocycles. The number of piperazine rings is 1. The van der Waals surface area contributed by atoms with E-state index >= 15 is 0 Å². The number of thiazole rings is 1. The molecule has 0 bridgehead atoms. The summed E-state index contributed by atoms with van der Waals surface area (Å²) >= 11 is 1.74. The molecule has 0 unspecified atom stereocenters. The average molecular weight is 417 g/mol. The molecule has 2 saturated heterocycles. The van der Waals surface area contributed by atoms with E-state index in [4.69, 9.17) is 9.40 Å². The van der Waals surface area contributed by atoms with Gasteiger partial charge in [0.15, 0.2) is 16.9 Å². The number of carbonyl (C=O) groups excluding carboxylic acids is 1. The smallest absolute Gasteiger partial charge is 0.289 e. The maximum absolute atomic E-state index is 12.4. The number of guanidine groups is 1. The molecule has 0 saturated carbocycles. The summed E-state index contributed by atoms with van der Waals surface area (Å²) in [7, 11) is 1.80. The molecule has 0 aliphatic carbocycles. The van der Waals surface area contributed by atoms with E-state index in [0.29, 0.717) is 18.8 Å². The number of nitrogens with zero attached hydrogens (tertiary/aromatic N) is 5. The summed E-state index contributed by atoms with van der Waals surface area (Å²) in [6.45, 7) is 5.88. The van der Waals surface area contributed by atoms with Gasteiger partial charge in [-0.15, -0.1) is 11.3 Å². The number of amides is 1. The Kier molecular flexibility index (Phi) is 6.33. The van der Waals surface area contributed by atoms with Gasteiger partial charge in [-0.25, -0.2) is 4.98 Å². The van der Waals surface area contributed by atoms with Crippen molar-refractivity contribution in [1.82, 2.24) is 20.1 Å². The summed E-state index contributed by atoms with van der Waals surface area (Å²) in [5, 5.41) is 6.76. The number of nitrogens with one attached hydrogen (secondary N) is 1. The van der Waals surface area contributed by atoms with Crippen molar-refractivity contribution in [1.29, 1.82) is 0 Å². The fraction of sp³-hybridized carbons (Fsp3) is 0.550. The lowest BCUT2D eigenvalue weighted by molar-refractivity contribution is 0.0658. The molecule has 156 valence electrons. The highest BCUT2D eigenvalue weighted by Gasteiger charge is 2.25. The zero-order chi connectivity index (χ0) is 20.1. The number of hydrogen-bond donors (Lipinski definition) is 1. The minimum atomic E-state index is -0.0464. The molecule has 2 aromatic heterocycles. The van der Waals surface area contributed by atoms with Gasteiger partial charge in [-0.05, 0) is 25.0 Å². The largest absolute Gasteiger partial charge is 0.459 e. The van der Waals surface area contributed by atoms with Gasteiger partial charge in [-0.1, -0.05) is 0 Å². The zero-order valence-electron chi connectivity index (χ0n) is 16.8. The Morgan fingerprint density at radius 3 is 2.66 bits per heavy atom. The molecule has 4 rings (SSSR count). The zero-order valence-corrected chi connectivity index (χ0v) is 17.7. The van der Waals surface area contributed by atoms with Gasteiger partial charge in [-0.2, -0.15) is 0 Å². The molecule has 2 aliphatic rings. The monoisotopic (exact) mass is 416 g/mol. The second-order valence-corrected chi connectivity index (χ2v) is 8.13. The van der Waals surface area contributed by atoms with Gasteiger partial charge in [0.25, 0.3) is 5.91 Å². The fourth-order valence-electron chi connectivity index (χ4n) is 3.78. The van der Waals surface area contributed by atoms with Gasteiger partial charge in [-0.3, -0.25) is 9.79 Å². The number of furan rings is 1. The molecule has 0 atom stereocenters. The topological polar surface area (TPSA) is 77.2 Å². The second-order valence-electron chi connectivity index (χ2n) is 7.30. The van der Waals surface area contributed by atoms with Crippen molar-refractivity contribution >= 4 is 28.3 Å². The standard InChI is InChI=1S/C20H28N6O2S/c1-21-19(22-7-6-16-15-29-20(23-16)26-8-2-3-9-26)25-12-10-24(11-13-25)18(27)17-5-4-14-28-17/h4-5,14-15H,2-3,6-13H2,1H3,(H,21,22). The summed E-state index contributed by atoms with van der Waals surface area (Å²) in [5.41, 5.74) is 1.13. The first-order valence-electron chi connectivity index (χ1n) is 10.2. The fourth-order valence-corrected chi connectivity index (χ4v) is 4.69. The van der Waals surface area contributed by atoms with Gasteiger partial charge in [0.1, 0.15) is 0 Å². The number of carbonyl (C=O) groups is 1. The molecule has 2 fully saturated rings. The van der Waals surface area contributed by atoms with E-state index in [2.05, 4.69) is 25.5 Å². The molecule has 1 N–H and O–H groups in total. The maximum atomic E-state index is 12.4. The Bertz CT molecular complexity index is 820. The van der Waals surface area contributed by atoms with Crippen LogP contribution in [0.15, 0.2) is 33.2 Å². The van der Waals surface area contributed by atoms with E-state index in [0.717, 1.165) is 55.9 Å². The predicted molar refractivity (Wildman–Crippen MR) is 115 cm³/mol. The molecule has 2 aromatic rings. The summed E-state index contributed by atoms with van der Waals surface area (Å²) < 4.78 is 5.22. The van der Waals surface area contributed by atoms with Gasteiger partial charge >= 0.3 is 0 Å². The number of hydrogen-bond acceptors (Lipinski definition) is 6. The summed E-state index contributed by atoms with van der Waals surface area (Å²) in [6.07, 6.45) is 4.95. The van der Waals surface area contributed by atoms with Gasteiger partial charge in [0.2, 0.25) is 0 Å². The Morgan fingerprint density at radius 2 is 1.97 bits per heavy atom. The quantitative estimate of drug-likeness (QED) is 0.593. The third-order valence-corrected chi connectivity index (χ3v) is 6.34. The second kappa shape index (κ2) is 9.30. The third-order valence-electron chi connectivity index (χ3n) is 5.39. The van der Waals surface area contributed by atoms with Crippen LogP contribution >= 0.6 is 11.3 Å². The lowest BCUT2D eigenvalue weighted by atomic mass is 10.3. The predicted octanol–water partition coefficient (Wildman–Crippen LogP) is 1.91. The van der Waals surface area contributed by atoms with Crippen LogP contribution in [0.2, 0.25) is 0 Å². The van der Waals surface area contributed by atoms with E-state index in [1.807, 2.05) is 4.90 Å². The molecule has 4 heterocycles. The molecule has 8 nitrogen and oxygen atoms in total. The first kappa shape index (κ1) is 19.8. The van der Waals surface area contributed by atoms with Crippen molar-refractivity contribution in [3.8, 4) is 0 Å². The average Bonchev–Trinajstić information content (AvgIpc) is 3.53. The van der Waals surface area contributed by atoms with Crippen LogP contribution < -0.4 is 10.2 Å². The number of rotatable bonds is 5. The highest BCUT2D eigenvalue weighted by molar-refractivity contribution is 7.13. The molecular formula is C20H28N6O2S. The lowest BCUT2D eigenvalue weighted by Crippen LogP contribution is -2.54. The van der Waals surface area contributed by atoms with Crippen molar-refractivity contribution in [3.63, 3.8) is 0 Å². The molecule has 0 radical (unpaired) electrons. The molecule has 2 aliphatic heterocycles. The first-order chi connectivity index (χ1) is 14.2. The van der Waals surface area contributed by atoms with Gasteiger partial charge in [0, 0.05) is 64.7 Å². The minimum absolute atomic E-state index is 0.0464. The number of aliphatic imine (C=N–C) groups is 1. The van der Waals surface area contributed by atoms with Crippen LogP contribution in [-0.2, 0) is 6.42 Å². The first-order valence-corrected chi connectivity index (χ1v) is 11.1. The molecular weight excluding hydrogens is 388 g/mol. The highest BCUT2D eigenvalue weighted by atomic mass is 32.1. The highest BCUT2D eigenvalue weighted by Crippen LogP contribution is 2.24. The van der Waals surface area contributed by atoms with E-state index in [9.17, 15) is 4.79 Å². The molecule has 0 spiro atoms. The SMILES string of the molecule is CN=C(NCCc1csc(N2CCCC2)n1)N1CCN(C(=O)c2ccco2)CC1. The van der Waals surface area contributed by atoms with Crippen LogP contribution in [0.25, 0.3) is 0 Å². The van der Waals surface area contributed by atoms with Gasteiger partial charge in [0.05, 0.1) is 12.0 Å². The minimum Gasteiger partial charge on any atom is -0.459 e. The van der Waals surface area contributed by atoms with Crippen LogP contribution in [0.4, 0.5) is 5.13 Å². The summed E-state index contributed by atoms with van der Waals surface area (Å²) in [5.74, 6) is 1.23. The Balaban J connectivity index is 1.22. The molecule has 1 amide bonds. The number of anilines is 1.